The van der Waals surface area contributed by atoms with Crippen LogP contribution in [0.1, 0.15) is 68.2 Å². The van der Waals surface area contributed by atoms with Gasteiger partial charge in [0.05, 0.1) is 0 Å². The van der Waals surface area contributed by atoms with Crippen LogP contribution in [0.2, 0.25) is 0 Å². The van der Waals surface area contributed by atoms with E-state index < -0.39 is 85.9 Å². The van der Waals surface area contributed by atoms with E-state index in [1.165, 1.54) is 55.4 Å². The SMILES string of the molecule is CC(C)[N-]C(CC([N-]C(C)C)C(F)(F)F)C(F)(F)F.CC(C)[N-]C(CC([N-]C(C)C)C(F)(F)F)C(F)(F)F.[Zn]. The van der Waals surface area contributed by atoms with Crippen LogP contribution in [-0.4, -0.2) is 73.0 Å². The molecule has 0 radical (unpaired) electrons. The van der Waals surface area contributed by atoms with Gasteiger partial charge in [0, 0.05) is 19.5 Å². The Bertz CT molecular complexity index is 526. The van der Waals surface area contributed by atoms with Gasteiger partial charge in [0.15, 0.2) is 0 Å². The average molecular weight is 650 g/mol. The topological polar surface area (TPSA) is 56.4 Å². The number of rotatable bonds is 12. The van der Waals surface area contributed by atoms with E-state index in [0.717, 1.165) is 0 Å². The molecule has 4 nitrogen and oxygen atoms in total. The Labute approximate surface area is 234 Å². The van der Waals surface area contributed by atoms with Crippen molar-refractivity contribution in [1.29, 1.82) is 0 Å². The number of hydrogen-bond donors (Lipinski definition) is 0. The first-order valence-electron chi connectivity index (χ1n) is 11.7. The Morgan fingerprint density at radius 3 is 0.564 bits per heavy atom. The van der Waals surface area contributed by atoms with Gasteiger partial charge in [-0.1, -0.05) is 68.2 Å². The zero-order chi connectivity index (χ0) is 30.9. The summed E-state index contributed by atoms with van der Waals surface area (Å²) in [6, 6.07) is -12.2. The summed E-state index contributed by atoms with van der Waals surface area (Å²) >= 11 is 0. The molecule has 0 spiro atoms. The Morgan fingerprint density at radius 1 is 0.359 bits per heavy atom. The summed E-state index contributed by atoms with van der Waals surface area (Å²) in [6.45, 7) is 11.1. The standard InChI is InChI=1S/2C11H18F6N2.Zn/c2*1-6(2)18-8(10(12,13)14)5-9(11(15,16)17)19-7(3)4;/h2*6-9H,5H2,1-4H3;/q2*-2;. The molecule has 0 rings (SSSR count). The van der Waals surface area contributed by atoms with Crippen molar-refractivity contribution in [3.63, 3.8) is 0 Å². The van der Waals surface area contributed by atoms with Crippen molar-refractivity contribution in [2.75, 3.05) is 0 Å². The van der Waals surface area contributed by atoms with Crippen molar-refractivity contribution in [1.82, 2.24) is 0 Å². The summed E-state index contributed by atoms with van der Waals surface area (Å²) in [5.74, 6) is 0. The second-order valence-corrected chi connectivity index (χ2v) is 9.67. The van der Waals surface area contributed by atoms with E-state index in [0.29, 0.717) is 0 Å². The molecule has 0 heterocycles. The zero-order valence-electron chi connectivity index (χ0n) is 23.1. The minimum atomic E-state index is -4.79. The maximum Gasteiger partial charge on any atom is 0.373 e. The molecule has 0 aromatic carbocycles. The van der Waals surface area contributed by atoms with Gasteiger partial charge >= 0.3 is 24.7 Å². The fraction of sp³-hybridized carbons (Fsp3) is 1.00. The van der Waals surface area contributed by atoms with E-state index in [4.69, 9.17) is 0 Å². The van der Waals surface area contributed by atoms with E-state index in [1.807, 2.05) is 0 Å². The largest absolute Gasteiger partial charge is 0.650 e. The molecule has 0 fully saturated rings. The number of hydrogen-bond acceptors (Lipinski definition) is 0. The van der Waals surface area contributed by atoms with Crippen LogP contribution in [0.5, 0.6) is 0 Å². The second kappa shape index (κ2) is 17.5. The first-order chi connectivity index (χ1) is 16.7. The molecule has 0 aliphatic carbocycles. The van der Waals surface area contributed by atoms with E-state index >= 15 is 0 Å². The molecule has 0 aromatic heterocycles. The monoisotopic (exact) mass is 648 g/mol. The third kappa shape index (κ3) is 21.1. The maximum atomic E-state index is 12.7. The minimum Gasteiger partial charge on any atom is -0.650 e. The molecule has 0 aliphatic heterocycles. The fourth-order valence-electron chi connectivity index (χ4n) is 2.98. The van der Waals surface area contributed by atoms with Crippen LogP contribution in [-0.2, 0) is 19.5 Å². The van der Waals surface area contributed by atoms with Gasteiger partial charge in [0.1, 0.15) is 0 Å². The molecular formula is C22H36F12N4Zn-4. The van der Waals surface area contributed by atoms with Crippen molar-refractivity contribution in [2.45, 2.75) is 141 Å². The van der Waals surface area contributed by atoms with Crippen LogP contribution < -0.4 is 0 Å². The van der Waals surface area contributed by atoms with Crippen LogP contribution in [0, 0.1) is 0 Å². The molecule has 0 N–H and O–H groups in total. The Kier molecular flexibility index (Phi) is 19.4. The summed E-state index contributed by atoms with van der Waals surface area (Å²) < 4.78 is 152. The smallest absolute Gasteiger partial charge is 0.373 e. The Morgan fingerprint density at radius 2 is 0.487 bits per heavy atom. The van der Waals surface area contributed by atoms with Gasteiger partial charge in [-0.3, -0.25) is 0 Å². The normalized spacial score (nSPS) is 16.6. The van der Waals surface area contributed by atoms with Gasteiger partial charge < -0.3 is 21.3 Å². The molecule has 0 saturated heterocycles. The predicted octanol–water partition coefficient (Wildman–Crippen LogP) is 9.60. The van der Waals surface area contributed by atoms with Crippen molar-refractivity contribution in [3.05, 3.63) is 21.3 Å². The minimum absolute atomic E-state index is 0. The fourth-order valence-corrected chi connectivity index (χ4v) is 2.98. The summed E-state index contributed by atoms with van der Waals surface area (Å²) in [5.41, 5.74) is 0. The van der Waals surface area contributed by atoms with E-state index in [1.54, 1.807) is 0 Å². The Balaban J connectivity index is -0.000000648. The first kappa shape index (κ1) is 43.1. The summed E-state index contributed by atoms with van der Waals surface area (Å²) in [4.78, 5) is 0. The van der Waals surface area contributed by atoms with Crippen molar-refractivity contribution >= 4 is 0 Å². The van der Waals surface area contributed by atoms with Gasteiger partial charge in [-0.15, -0.1) is 24.2 Å². The van der Waals surface area contributed by atoms with Crippen LogP contribution >= 0.6 is 0 Å². The molecule has 0 aliphatic rings. The quantitative estimate of drug-likeness (QED) is 0.149. The summed E-state index contributed by atoms with van der Waals surface area (Å²) in [7, 11) is 0. The molecule has 0 aromatic rings. The van der Waals surface area contributed by atoms with E-state index in [-0.39, 0.29) is 19.5 Å². The van der Waals surface area contributed by atoms with Gasteiger partial charge in [0.2, 0.25) is 0 Å². The van der Waals surface area contributed by atoms with E-state index in [2.05, 4.69) is 21.3 Å². The molecule has 0 bridgehead atoms. The second-order valence-electron chi connectivity index (χ2n) is 9.67. The molecule has 17 heteroatoms. The van der Waals surface area contributed by atoms with Crippen LogP contribution in [0.4, 0.5) is 52.7 Å². The molecule has 4 atom stereocenters. The van der Waals surface area contributed by atoms with Gasteiger partial charge in [0.25, 0.3) is 0 Å². The van der Waals surface area contributed by atoms with Crippen LogP contribution in [0.15, 0.2) is 0 Å². The molecular weight excluding hydrogens is 614 g/mol. The van der Waals surface area contributed by atoms with Crippen molar-refractivity contribution < 1.29 is 72.2 Å². The number of alkyl halides is 12. The molecule has 0 saturated carbocycles. The molecule has 234 valence electrons. The number of halogens is 12. The third-order valence-electron chi connectivity index (χ3n) is 4.32. The summed E-state index contributed by atoms with van der Waals surface area (Å²) in [6.07, 6.45) is -21.5. The van der Waals surface area contributed by atoms with Gasteiger partial charge in [-0.2, -0.15) is 52.7 Å². The van der Waals surface area contributed by atoms with Gasteiger partial charge in [-0.05, 0) is 24.2 Å². The summed E-state index contributed by atoms with van der Waals surface area (Å²) in [5, 5.41) is 13.3. The maximum absolute atomic E-state index is 12.7. The van der Waals surface area contributed by atoms with Crippen LogP contribution in [0.25, 0.3) is 21.3 Å². The molecule has 39 heavy (non-hydrogen) atoms. The average Bonchev–Trinajstić information content (AvgIpc) is 2.61. The van der Waals surface area contributed by atoms with E-state index in [9.17, 15) is 52.7 Å². The van der Waals surface area contributed by atoms with Crippen molar-refractivity contribution in [3.8, 4) is 0 Å². The zero-order valence-corrected chi connectivity index (χ0v) is 26.0. The third-order valence-corrected chi connectivity index (χ3v) is 4.32. The first-order valence-corrected chi connectivity index (χ1v) is 11.7. The molecule has 0 amide bonds. The van der Waals surface area contributed by atoms with Crippen molar-refractivity contribution in [2.24, 2.45) is 0 Å². The van der Waals surface area contributed by atoms with Gasteiger partial charge in [-0.25, -0.2) is 0 Å². The van der Waals surface area contributed by atoms with Crippen LogP contribution in [0.3, 0.4) is 0 Å². The number of nitrogens with zero attached hydrogens (tertiary/aromatic N) is 4. The molecule has 4 unspecified atom stereocenters. The predicted molar refractivity (Wildman–Crippen MR) is 123 cm³/mol. The Hall–Kier alpha value is -0.377.